The number of benzene rings is 1. The number of rotatable bonds is 3. The van der Waals surface area contributed by atoms with E-state index in [1.807, 2.05) is 12.1 Å². The Bertz CT molecular complexity index is 522. The van der Waals surface area contributed by atoms with Gasteiger partial charge in [-0.2, -0.15) is 0 Å². The van der Waals surface area contributed by atoms with Crippen LogP contribution in [0.15, 0.2) is 18.2 Å². The molecule has 0 spiro atoms. The highest BCUT2D eigenvalue weighted by molar-refractivity contribution is 5.94. The molecule has 0 unspecified atom stereocenters. The van der Waals surface area contributed by atoms with E-state index in [1.54, 1.807) is 0 Å². The molecule has 0 aromatic heterocycles. The minimum absolute atomic E-state index is 0.0811. The Labute approximate surface area is 125 Å². The second-order valence-electron chi connectivity index (χ2n) is 6.38. The standard InChI is InChI=1S/C17H24N2O2/c20-16(19-12-17(21)7-2-1-3-8-17)14-5-4-13-6-9-18-11-15(13)10-14/h4-5,10,18,21H,1-3,6-9,11-12H2,(H,19,20). The minimum Gasteiger partial charge on any atom is -0.388 e. The van der Waals surface area contributed by atoms with Gasteiger partial charge in [-0.15, -0.1) is 0 Å². The number of amides is 1. The molecule has 4 nitrogen and oxygen atoms in total. The van der Waals surface area contributed by atoms with Gasteiger partial charge in [0.15, 0.2) is 0 Å². The number of aliphatic hydroxyl groups is 1. The van der Waals surface area contributed by atoms with E-state index in [4.69, 9.17) is 0 Å². The van der Waals surface area contributed by atoms with Crippen molar-refractivity contribution in [3.8, 4) is 0 Å². The fraction of sp³-hybridized carbons (Fsp3) is 0.588. The fourth-order valence-electron chi connectivity index (χ4n) is 3.36. The van der Waals surface area contributed by atoms with Gasteiger partial charge in [0.1, 0.15) is 0 Å². The molecule has 1 aromatic carbocycles. The van der Waals surface area contributed by atoms with Crippen molar-refractivity contribution in [1.82, 2.24) is 10.6 Å². The average molecular weight is 288 g/mol. The first-order valence-corrected chi connectivity index (χ1v) is 7.99. The van der Waals surface area contributed by atoms with Gasteiger partial charge < -0.3 is 15.7 Å². The van der Waals surface area contributed by atoms with Crippen molar-refractivity contribution in [3.63, 3.8) is 0 Å². The highest BCUT2D eigenvalue weighted by Gasteiger charge is 2.29. The molecule has 1 aliphatic carbocycles. The Hall–Kier alpha value is -1.39. The third kappa shape index (κ3) is 3.44. The van der Waals surface area contributed by atoms with Crippen LogP contribution in [0.3, 0.4) is 0 Å². The lowest BCUT2D eigenvalue weighted by molar-refractivity contribution is 0.00525. The predicted octanol–water partition coefficient (Wildman–Crippen LogP) is 1.76. The zero-order valence-electron chi connectivity index (χ0n) is 12.5. The largest absolute Gasteiger partial charge is 0.388 e. The summed E-state index contributed by atoms with van der Waals surface area (Å²) < 4.78 is 0. The summed E-state index contributed by atoms with van der Waals surface area (Å²) in [6.07, 6.45) is 5.90. The molecule has 1 heterocycles. The molecule has 3 rings (SSSR count). The van der Waals surface area contributed by atoms with Crippen molar-refractivity contribution < 1.29 is 9.90 Å². The Morgan fingerprint density at radius 1 is 1.24 bits per heavy atom. The lowest BCUT2D eigenvalue weighted by Crippen LogP contribution is -2.44. The van der Waals surface area contributed by atoms with Crippen LogP contribution in [0.4, 0.5) is 0 Å². The van der Waals surface area contributed by atoms with E-state index < -0.39 is 5.60 Å². The van der Waals surface area contributed by atoms with Crippen LogP contribution in [0.2, 0.25) is 0 Å². The highest BCUT2D eigenvalue weighted by Crippen LogP contribution is 2.27. The third-order valence-electron chi connectivity index (χ3n) is 4.72. The second-order valence-corrected chi connectivity index (χ2v) is 6.38. The second kappa shape index (κ2) is 6.16. The molecule has 1 fully saturated rings. The van der Waals surface area contributed by atoms with E-state index in [-0.39, 0.29) is 5.91 Å². The predicted molar refractivity (Wildman–Crippen MR) is 82.2 cm³/mol. The first-order valence-electron chi connectivity index (χ1n) is 7.99. The van der Waals surface area contributed by atoms with Gasteiger partial charge in [-0.25, -0.2) is 0 Å². The molecular formula is C17H24N2O2. The van der Waals surface area contributed by atoms with Gasteiger partial charge >= 0.3 is 0 Å². The van der Waals surface area contributed by atoms with Crippen LogP contribution in [0.1, 0.15) is 53.6 Å². The van der Waals surface area contributed by atoms with Crippen LogP contribution in [0.25, 0.3) is 0 Å². The quantitative estimate of drug-likeness (QED) is 0.794. The Balaban J connectivity index is 1.62. The minimum atomic E-state index is -0.705. The zero-order chi connectivity index (χ0) is 14.7. The molecule has 0 bridgehead atoms. The molecule has 2 aliphatic rings. The lowest BCUT2D eigenvalue weighted by Gasteiger charge is -2.32. The van der Waals surface area contributed by atoms with Gasteiger partial charge in [0.05, 0.1) is 5.60 Å². The molecule has 1 aliphatic heterocycles. The van der Waals surface area contributed by atoms with E-state index in [1.165, 1.54) is 17.5 Å². The Morgan fingerprint density at radius 2 is 2.05 bits per heavy atom. The van der Waals surface area contributed by atoms with E-state index in [0.29, 0.717) is 12.1 Å². The number of fused-ring (bicyclic) bond motifs is 1. The summed E-state index contributed by atoms with van der Waals surface area (Å²) in [5, 5.41) is 16.7. The molecule has 0 radical (unpaired) electrons. The lowest BCUT2D eigenvalue weighted by atomic mass is 9.85. The van der Waals surface area contributed by atoms with Crippen molar-refractivity contribution >= 4 is 5.91 Å². The molecule has 0 atom stereocenters. The van der Waals surface area contributed by atoms with Gasteiger partial charge in [0.2, 0.25) is 0 Å². The van der Waals surface area contributed by atoms with Crippen LogP contribution in [-0.4, -0.2) is 29.7 Å². The van der Waals surface area contributed by atoms with Gasteiger partial charge in [-0.3, -0.25) is 4.79 Å². The summed E-state index contributed by atoms with van der Waals surface area (Å²) in [5.41, 5.74) is 2.53. The van der Waals surface area contributed by atoms with E-state index in [0.717, 1.165) is 45.2 Å². The molecule has 114 valence electrons. The number of nitrogens with one attached hydrogen (secondary N) is 2. The number of carbonyl (C=O) groups excluding carboxylic acids is 1. The topological polar surface area (TPSA) is 61.4 Å². The van der Waals surface area contributed by atoms with Crippen molar-refractivity contribution in [2.75, 3.05) is 13.1 Å². The molecule has 4 heteroatoms. The van der Waals surface area contributed by atoms with Gasteiger partial charge in [-0.1, -0.05) is 25.3 Å². The molecular weight excluding hydrogens is 264 g/mol. The van der Waals surface area contributed by atoms with Crippen LogP contribution in [-0.2, 0) is 13.0 Å². The van der Waals surface area contributed by atoms with Crippen LogP contribution < -0.4 is 10.6 Å². The SMILES string of the molecule is O=C(NCC1(O)CCCCC1)c1ccc2c(c1)CNCC2. The highest BCUT2D eigenvalue weighted by atomic mass is 16.3. The fourth-order valence-corrected chi connectivity index (χ4v) is 3.36. The maximum Gasteiger partial charge on any atom is 0.251 e. The maximum absolute atomic E-state index is 12.3. The van der Waals surface area contributed by atoms with E-state index >= 15 is 0 Å². The Kier molecular flexibility index (Phi) is 4.27. The van der Waals surface area contributed by atoms with Crippen LogP contribution >= 0.6 is 0 Å². The summed E-state index contributed by atoms with van der Waals surface area (Å²) in [5.74, 6) is -0.0811. The molecule has 1 amide bonds. The van der Waals surface area contributed by atoms with Crippen LogP contribution in [0, 0.1) is 0 Å². The summed E-state index contributed by atoms with van der Waals surface area (Å²) in [4.78, 5) is 12.3. The summed E-state index contributed by atoms with van der Waals surface area (Å²) in [6.45, 7) is 2.20. The first-order chi connectivity index (χ1) is 10.2. The first kappa shape index (κ1) is 14.5. The normalized spacial score (nSPS) is 20.6. The van der Waals surface area contributed by atoms with Crippen molar-refractivity contribution in [2.45, 2.75) is 50.7 Å². The molecule has 1 saturated carbocycles. The molecule has 21 heavy (non-hydrogen) atoms. The Morgan fingerprint density at radius 3 is 2.86 bits per heavy atom. The third-order valence-corrected chi connectivity index (χ3v) is 4.72. The van der Waals surface area contributed by atoms with Gasteiger partial charge in [0, 0.05) is 18.7 Å². The zero-order valence-corrected chi connectivity index (χ0v) is 12.5. The van der Waals surface area contributed by atoms with E-state index in [2.05, 4.69) is 16.7 Å². The number of hydrogen-bond donors (Lipinski definition) is 3. The summed E-state index contributed by atoms with van der Waals surface area (Å²) in [6, 6.07) is 5.92. The molecule has 1 aromatic rings. The smallest absolute Gasteiger partial charge is 0.251 e. The number of hydrogen-bond acceptors (Lipinski definition) is 3. The molecule has 3 N–H and O–H groups in total. The summed E-state index contributed by atoms with van der Waals surface area (Å²) in [7, 11) is 0. The van der Waals surface area contributed by atoms with Gasteiger partial charge in [-0.05, 0) is 49.1 Å². The monoisotopic (exact) mass is 288 g/mol. The molecule has 0 saturated heterocycles. The maximum atomic E-state index is 12.3. The van der Waals surface area contributed by atoms with Crippen LogP contribution in [0.5, 0.6) is 0 Å². The number of carbonyl (C=O) groups is 1. The van der Waals surface area contributed by atoms with Crippen molar-refractivity contribution in [1.29, 1.82) is 0 Å². The van der Waals surface area contributed by atoms with Crippen molar-refractivity contribution in [3.05, 3.63) is 34.9 Å². The average Bonchev–Trinajstić information content (AvgIpc) is 2.53. The van der Waals surface area contributed by atoms with Gasteiger partial charge in [0.25, 0.3) is 5.91 Å². The summed E-state index contributed by atoms with van der Waals surface area (Å²) >= 11 is 0. The van der Waals surface area contributed by atoms with Crippen molar-refractivity contribution in [2.24, 2.45) is 0 Å². The van der Waals surface area contributed by atoms with E-state index in [9.17, 15) is 9.90 Å².